The van der Waals surface area contributed by atoms with Gasteiger partial charge in [-0.1, -0.05) is 24.3 Å². The molecule has 0 bridgehead atoms. The van der Waals surface area contributed by atoms with Crippen LogP contribution in [-0.4, -0.2) is 27.7 Å². The van der Waals surface area contributed by atoms with Crippen LogP contribution in [-0.2, 0) is 11.8 Å². The summed E-state index contributed by atoms with van der Waals surface area (Å²) in [4.78, 5) is 16.7. The Labute approximate surface area is 153 Å². The molecule has 26 heavy (non-hydrogen) atoms. The van der Waals surface area contributed by atoms with Gasteiger partial charge in [-0.05, 0) is 42.8 Å². The summed E-state index contributed by atoms with van der Waals surface area (Å²) in [5, 5.41) is 10.2. The lowest BCUT2D eigenvalue weighted by atomic mass is 10.0. The van der Waals surface area contributed by atoms with Crippen LogP contribution in [0.5, 0.6) is 0 Å². The highest BCUT2D eigenvalue weighted by atomic mass is 16.2. The minimum absolute atomic E-state index is 0.0776. The van der Waals surface area contributed by atoms with E-state index in [4.69, 9.17) is 0 Å². The van der Waals surface area contributed by atoms with Gasteiger partial charge in [-0.15, -0.1) is 0 Å². The average Bonchev–Trinajstić information content (AvgIpc) is 3.09. The van der Waals surface area contributed by atoms with Crippen LogP contribution in [0.15, 0.2) is 61.2 Å². The summed E-state index contributed by atoms with van der Waals surface area (Å²) in [6, 6.07) is 11.6. The molecular formula is C20H23N5O. The van der Waals surface area contributed by atoms with Gasteiger partial charge in [0.15, 0.2) is 0 Å². The SMILES string of the molecule is CNC(C(=O)NC(C)c1ccc(-c2ccncc2)cc1)c1cnn(C)c1. The van der Waals surface area contributed by atoms with Gasteiger partial charge in [0.25, 0.3) is 0 Å². The molecule has 6 heteroatoms. The first-order valence-electron chi connectivity index (χ1n) is 8.55. The third-order valence-electron chi connectivity index (χ3n) is 4.39. The smallest absolute Gasteiger partial charge is 0.242 e. The second-order valence-electron chi connectivity index (χ2n) is 6.26. The zero-order valence-corrected chi connectivity index (χ0v) is 15.2. The molecule has 0 aliphatic rings. The largest absolute Gasteiger partial charge is 0.348 e. The monoisotopic (exact) mass is 349 g/mol. The van der Waals surface area contributed by atoms with E-state index in [0.29, 0.717) is 0 Å². The Morgan fingerprint density at radius 1 is 1.04 bits per heavy atom. The second-order valence-corrected chi connectivity index (χ2v) is 6.26. The summed E-state index contributed by atoms with van der Waals surface area (Å²) in [7, 11) is 3.60. The van der Waals surface area contributed by atoms with E-state index < -0.39 is 6.04 Å². The highest BCUT2D eigenvalue weighted by molar-refractivity contribution is 5.83. The van der Waals surface area contributed by atoms with E-state index in [1.54, 1.807) is 30.3 Å². The molecule has 2 N–H and O–H groups in total. The van der Waals surface area contributed by atoms with E-state index in [0.717, 1.165) is 22.3 Å². The van der Waals surface area contributed by atoms with E-state index in [1.165, 1.54) is 0 Å². The normalized spacial score (nSPS) is 13.2. The van der Waals surface area contributed by atoms with Crippen molar-refractivity contribution in [3.05, 3.63) is 72.3 Å². The Morgan fingerprint density at radius 2 is 1.69 bits per heavy atom. The molecule has 2 aromatic heterocycles. The van der Waals surface area contributed by atoms with Gasteiger partial charge in [0.05, 0.1) is 12.2 Å². The summed E-state index contributed by atoms with van der Waals surface area (Å²) in [6.07, 6.45) is 7.11. The summed E-state index contributed by atoms with van der Waals surface area (Å²) in [6.45, 7) is 1.98. The number of hydrogen-bond acceptors (Lipinski definition) is 4. The predicted octanol–water partition coefficient (Wildman–Crippen LogP) is 2.62. The van der Waals surface area contributed by atoms with Gasteiger partial charge in [0.2, 0.25) is 5.91 Å². The third kappa shape index (κ3) is 3.97. The number of rotatable bonds is 6. The number of likely N-dealkylation sites (N-methyl/N-ethyl adjacent to an activating group) is 1. The van der Waals surface area contributed by atoms with Crippen molar-refractivity contribution in [3.8, 4) is 11.1 Å². The van der Waals surface area contributed by atoms with E-state index in [9.17, 15) is 4.79 Å². The van der Waals surface area contributed by atoms with Crippen molar-refractivity contribution < 1.29 is 4.79 Å². The predicted molar refractivity (Wildman–Crippen MR) is 101 cm³/mol. The molecule has 2 atom stereocenters. The van der Waals surface area contributed by atoms with Gasteiger partial charge < -0.3 is 10.6 Å². The number of nitrogens with zero attached hydrogens (tertiary/aromatic N) is 3. The van der Waals surface area contributed by atoms with Crippen LogP contribution < -0.4 is 10.6 Å². The van der Waals surface area contributed by atoms with Gasteiger partial charge in [0, 0.05) is 31.2 Å². The molecule has 3 aromatic rings. The maximum absolute atomic E-state index is 12.6. The van der Waals surface area contributed by atoms with Crippen LogP contribution in [0.1, 0.15) is 30.1 Å². The number of aromatic nitrogens is 3. The zero-order valence-electron chi connectivity index (χ0n) is 15.2. The molecule has 3 rings (SSSR count). The molecule has 134 valence electrons. The van der Waals surface area contributed by atoms with Crippen molar-refractivity contribution in [2.75, 3.05) is 7.05 Å². The van der Waals surface area contributed by atoms with Gasteiger partial charge in [0.1, 0.15) is 6.04 Å². The van der Waals surface area contributed by atoms with Crippen LogP contribution in [0, 0.1) is 0 Å². The van der Waals surface area contributed by atoms with Crippen molar-refractivity contribution in [1.82, 2.24) is 25.4 Å². The van der Waals surface area contributed by atoms with Crippen LogP contribution >= 0.6 is 0 Å². The minimum Gasteiger partial charge on any atom is -0.348 e. The van der Waals surface area contributed by atoms with E-state index in [-0.39, 0.29) is 11.9 Å². The molecule has 2 heterocycles. The number of amides is 1. The molecule has 0 saturated carbocycles. The van der Waals surface area contributed by atoms with Crippen molar-refractivity contribution in [1.29, 1.82) is 0 Å². The maximum Gasteiger partial charge on any atom is 0.242 e. The molecule has 2 unspecified atom stereocenters. The maximum atomic E-state index is 12.6. The molecule has 1 aromatic carbocycles. The summed E-state index contributed by atoms with van der Waals surface area (Å²) in [5.74, 6) is -0.0776. The van der Waals surface area contributed by atoms with Crippen LogP contribution in [0.4, 0.5) is 0 Å². The van der Waals surface area contributed by atoms with E-state index in [2.05, 4.69) is 32.8 Å². The molecular weight excluding hydrogens is 326 g/mol. The lowest BCUT2D eigenvalue weighted by Crippen LogP contribution is -2.37. The van der Waals surface area contributed by atoms with Crippen LogP contribution in [0.2, 0.25) is 0 Å². The lowest BCUT2D eigenvalue weighted by Gasteiger charge is -2.19. The van der Waals surface area contributed by atoms with Gasteiger partial charge in [-0.2, -0.15) is 5.10 Å². The molecule has 0 radical (unpaired) electrons. The molecule has 1 amide bonds. The van der Waals surface area contributed by atoms with Crippen molar-refractivity contribution >= 4 is 5.91 Å². The minimum atomic E-state index is -0.428. The second kappa shape index (κ2) is 7.93. The van der Waals surface area contributed by atoms with Crippen LogP contribution in [0.25, 0.3) is 11.1 Å². The Balaban J connectivity index is 1.69. The summed E-state index contributed by atoms with van der Waals surface area (Å²) >= 11 is 0. The fourth-order valence-electron chi connectivity index (χ4n) is 2.93. The first-order valence-corrected chi connectivity index (χ1v) is 8.55. The Morgan fingerprint density at radius 3 is 2.27 bits per heavy atom. The number of carbonyl (C=O) groups is 1. The first-order chi connectivity index (χ1) is 12.6. The van der Waals surface area contributed by atoms with Gasteiger partial charge >= 0.3 is 0 Å². The summed E-state index contributed by atoms with van der Waals surface area (Å²) < 4.78 is 1.69. The number of nitrogens with one attached hydrogen (secondary N) is 2. The molecule has 0 aliphatic heterocycles. The van der Waals surface area contributed by atoms with Crippen molar-refractivity contribution in [2.24, 2.45) is 7.05 Å². The molecule has 0 fully saturated rings. The fraction of sp³-hybridized carbons (Fsp3) is 0.250. The molecule has 6 nitrogen and oxygen atoms in total. The number of benzene rings is 1. The highest BCUT2D eigenvalue weighted by Crippen LogP contribution is 2.22. The quantitative estimate of drug-likeness (QED) is 0.718. The first kappa shape index (κ1) is 17.8. The standard InChI is InChI=1S/C20H23N5O/c1-14(24-20(26)19(21-2)18-12-23-25(3)13-18)15-4-6-16(7-5-15)17-8-10-22-11-9-17/h4-14,19,21H,1-3H3,(H,24,26). The van der Waals surface area contributed by atoms with Gasteiger partial charge in [-0.25, -0.2) is 0 Å². The van der Waals surface area contributed by atoms with Gasteiger partial charge in [-0.3, -0.25) is 14.5 Å². The molecule has 0 saturated heterocycles. The highest BCUT2D eigenvalue weighted by Gasteiger charge is 2.22. The number of pyridine rings is 1. The molecule has 0 aliphatic carbocycles. The van der Waals surface area contributed by atoms with E-state index in [1.807, 2.05) is 44.4 Å². The third-order valence-corrected chi connectivity index (χ3v) is 4.39. The Bertz CT molecular complexity index is 857. The lowest BCUT2D eigenvalue weighted by molar-refractivity contribution is -0.123. The fourth-order valence-corrected chi connectivity index (χ4v) is 2.93. The average molecular weight is 349 g/mol. The van der Waals surface area contributed by atoms with Crippen molar-refractivity contribution in [2.45, 2.75) is 19.0 Å². The topological polar surface area (TPSA) is 71.8 Å². The zero-order chi connectivity index (χ0) is 18.5. The Kier molecular flexibility index (Phi) is 5.43. The Hall–Kier alpha value is -2.99. The van der Waals surface area contributed by atoms with Crippen molar-refractivity contribution in [3.63, 3.8) is 0 Å². The number of hydrogen-bond donors (Lipinski definition) is 2. The molecule has 0 spiro atoms. The summed E-state index contributed by atoms with van der Waals surface area (Å²) in [5.41, 5.74) is 4.14. The van der Waals surface area contributed by atoms with E-state index >= 15 is 0 Å². The number of carbonyl (C=O) groups excluding carboxylic acids is 1. The number of aryl methyl sites for hydroxylation is 1. The van der Waals surface area contributed by atoms with Crippen LogP contribution in [0.3, 0.4) is 0 Å².